The van der Waals surface area contributed by atoms with E-state index in [1.54, 1.807) is 0 Å². The fraction of sp³-hybridized carbons (Fsp3) is 1.00. The van der Waals surface area contributed by atoms with Crippen LogP contribution in [0.25, 0.3) is 0 Å². The van der Waals surface area contributed by atoms with Crippen LogP contribution in [0.5, 0.6) is 0 Å². The highest BCUT2D eigenvalue weighted by molar-refractivity contribution is 5.12. The standard InChI is InChI=1S/C21H36O2/c1-4-13-8-9-15-14-11-18(22)16-7-5-6-10-20(16,2)17(14)12-19(23)21(13,15)3/h13-19,22-23H,4-12H2,1-3H3/t13-,14-,15+,16?,17-,18+,19+,20-,21+/m0/s1. The summed E-state index contributed by atoms with van der Waals surface area (Å²) in [4.78, 5) is 0. The molecular weight excluding hydrogens is 284 g/mol. The third-order valence-corrected chi connectivity index (χ3v) is 9.38. The van der Waals surface area contributed by atoms with E-state index in [9.17, 15) is 10.2 Å². The van der Waals surface area contributed by atoms with Crippen molar-refractivity contribution in [3.8, 4) is 0 Å². The summed E-state index contributed by atoms with van der Waals surface area (Å²) in [5.41, 5.74) is 0.376. The van der Waals surface area contributed by atoms with E-state index in [1.165, 1.54) is 44.9 Å². The second kappa shape index (κ2) is 5.46. The monoisotopic (exact) mass is 320 g/mol. The lowest BCUT2D eigenvalue weighted by Gasteiger charge is -2.63. The molecular formula is C21H36O2. The topological polar surface area (TPSA) is 40.5 Å². The van der Waals surface area contributed by atoms with Gasteiger partial charge in [-0.3, -0.25) is 0 Å². The Hall–Kier alpha value is -0.0800. The van der Waals surface area contributed by atoms with Crippen molar-refractivity contribution in [2.24, 2.45) is 40.4 Å². The molecule has 0 spiro atoms. The highest BCUT2D eigenvalue weighted by Crippen LogP contribution is 2.67. The zero-order chi connectivity index (χ0) is 16.4. The quantitative estimate of drug-likeness (QED) is 0.752. The molecule has 9 atom stereocenters. The first kappa shape index (κ1) is 16.4. The molecule has 0 bridgehead atoms. The smallest absolute Gasteiger partial charge is 0.0602 e. The summed E-state index contributed by atoms with van der Waals surface area (Å²) in [6, 6.07) is 0. The van der Waals surface area contributed by atoms with Gasteiger partial charge in [0.05, 0.1) is 12.2 Å². The van der Waals surface area contributed by atoms with Crippen molar-refractivity contribution in [1.82, 2.24) is 0 Å². The van der Waals surface area contributed by atoms with E-state index in [0.717, 1.165) is 12.8 Å². The Kier molecular flexibility index (Phi) is 3.89. The van der Waals surface area contributed by atoms with Crippen LogP contribution >= 0.6 is 0 Å². The van der Waals surface area contributed by atoms with Gasteiger partial charge < -0.3 is 10.2 Å². The summed E-state index contributed by atoms with van der Waals surface area (Å²) in [6.45, 7) is 7.13. The van der Waals surface area contributed by atoms with Crippen LogP contribution < -0.4 is 0 Å². The minimum absolute atomic E-state index is 0.0956. The summed E-state index contributed by atoms with van der Waals surface area (Å²) >= 11 is 0. The van der Waals surface area contributed by atoms with E-state index in [0.29, 0.717) is 29.6 Å². The van der Waals surface area contributed by atoms with Gasteiger partial charge in [-0.2, -0.15) is 0 Å². The van der Waals surface area contributed by atoms with Gasteiger partial charge in [0.25, 0.3) is 0 Å². The number of aliphatic hydroxyl groups excluding tert-OH is 2. The maximum atomic E-state index is 11.2. The van der Waals surface area contributed by atoms with Crippen molar-refractivity contribution in [3.63, 3.8) is 0 Å². The minimum Gasteiger partial charge on any atom is -0.393 e. The average molecular weight is 321 g/mol. The van der Waals surface area contributed by atoms with Crippen LogP contribution in [0.15, 0.2) is 0 Å². The third-order valence-electron chi connectivity index (χ3n) is 9.38. The van der Waals surface area contributed by atoms with Gasteiger partial charge in [-0.1, -0.05) is 40.0 Å². The van der Waals surface area contributed by atoms with E-state index in [4.69, 9.17) is 0 Å². The summed E-state index contributed by atoms with van der Waals surface area (Å²) in [7, 11) is 0. The van der Waals surface area contributed by atoms with Crippen molar-refractivity contribution in [1.29, 1.82) is 0 Å². The molecule has 0 aromatic rings. The average Bonchev–Trinajstić information content (AvgIpc) is 2.87. The van der Waals surface area contributed by atoms with Crippen LogP contribution in [-0.4, -0.2) is 22.4 Å². The molecule has 0 radical (unpaired) electrons. The van der Waals surface area contributed by atoms with Crippen LogP contribution in [0.3, 0.4) is 0 Å². The second-order valence-electron chi connectivity index (χ2n) is 9.84. The van der Waals surface area contributed by atoms with Gasteiger partial charge in [0.2, 0.25) is 0 Å². The van der Waals surface area contributed by atoms with Gasteiger partial charge in [-0.15, -0.1) is 0 Å². The molecule has 23 heavy (non-hydrogen) atoms. The molecule has 2 N–H and O–H groups in total. The Morgan fingerprint density at radius 2 is 1.70 bits per heavy atom. The first-order valence-corrected chi connectivity index (χ1v) is 10.3. The van der Waals surface area contributed by atoms with Crippen LogP contribution in [0.4, 0.5) is 0 Å². The normalized spacial score (nSPS) is 59.1. The van der Waals surface area contributed by atoms with Crippen molar-refractivity contribution < 1.29 is 10.2 Å². The number of aliphatic hydroxyl groups is 2. The lowest BCUT2D eigenvalue weighted by Crippen LogP contribution is -2.60. The first-order valence-electron chi connectivity index (χ1n) is 10.3. The van der Waals surface area contributed by atoms with Gasteiger partial charge in [0, 0.05) is 0 Å². The van der Waals surface area contributed by atoms with Gasteiger partial charge in [-0.25, -0.2) is 0 Å². The summed E-state index contributed by atoms with van der Waals surface area (Å²) in [6.07, 6.45) is 10.6. The van der Waals surface area contributed by atoms with Gasteiger partial charge >= 0.3 is 0 Å². The summed E-state index contributed by atoms with van der Waals surface area (Å²) < 4.78 is 0. The molecule has 132 valence electrons. The van der Waals surface area contributed by atoms with Crippen LogP contribution in [0, 0.1) is 40.4 Å². The Morgan fingerprint density at radius 3 is 2.43 bits per heavy atom. The number of fused-ring (bicyclic) bond motifs is 5. The molecule has 0 aromatic heterocycles. The predicted octanol–water partition coefficient (Wildman–Crippen LogP) is 4.39. The summed E-state index contributed by atoms with van der Waals surface area (Å²) in [5, 5.41) is 22.1. The Labute approximate surface area is 142 Å². The first-order chi connectivity index (χ1) is 10.9. The van der Waals surface area contributed by atoms with Crippen LogP contribution in [-0.2, 0) is 0 Å². The van der Waals surface area contributed by atoms with Crippen LogP contribution in [0.1, 0.15) is 78.6 Å². The molecule has 2 nitrogen and oxygen atoms in total. The van der Waals surface area contributed by atoms with Gasteiger partial charge in [0.1, 0.15) is 0 Å². The second-order valence-corrected chi connectivity index (χ2v) is 9.84. The maximum absolute atomic E-state index is 11.2. The van der Waals surface area contributed by atoms with Crippen molar-refractivity contribution in [2.75, 3.05) is 0 Å². The molecule has 4 rings (SSSR count). The molecule has 0 aliphatic heterocycles. The van der Waals surface area contributed by atoms with Crippen molar-refractivity contribution in [2.45, 2.75) is 90.8 Å². The third kappa shape index (κ3) is 2.06. The highest BCUT2D eigenvalue weighted by atomic mass is 16.3. The number of rotatable bonds is 1. The highest BCUT2D eigenvalue weighted by Gasteiger charge is 2.63. The lowest BCUT2D eigenvalue weighted by atomic mass is 9.43. The Bertz CT molecular complexity index is 463. The molecule has 0 saturated heterocycles. The molecule has 4 saturated carbocycles. The van der Waals surface area contributed by atoms with Crippen molar-refractivity contribution >= 4 is 0 Å². The van der Waals surface area contributed by atoms with E-state index >= 15 is 0 Å². The lowest BCUT2D eigenvalue weighted by molar-refractivity contribution is -0.191. The molecule has 4 aliphatic rings. The largest absolute Gasteiger partial charge is 0.393 e. The van der Waals surface area contributed by atoms with Gasteiger partial charge in [0.15, 0.2) is 0 Å². The Morgan fingerprint density at radius 1 is 0.913 bits per heavy atom. The number of hydrogen-bond donors (Lipinski definition) is 2. The molecule has 4 aliphatic carbocycles. The molecule has 1 unspecified atom stereocenters. The molecule has 2 heteroatoms. The Balaban J connectivity index is 1.70. The van der Waals surface area contributed by atoms with E-state index in [-0.39, 0.29) is 23.0 Å². The fourth-order valence-electron chi connectivity index (χ4n) is 8.10. The molecule has 0 amide bonds. The van der Waals surface area contributed by atoms with E-state index in [1.807, 2.05) is 0 Å². The minimum atomic E-state index is -0.129. The maximum Gasteiger partial charge on any atom is 0.0602 e. The molecule has 0 aromatic carbocycles. The fourth-order valence-corrected chi connectivity index (χ4v) is 8.10. The van der Waals surface area contributed by atoms with E-state index < -0.39 is 0 Å². The number of hydrogen-bond acceptors (Lipinski definition) is 2. The van der Waals surface area contributed by atoms with Crippen molar-refractivity contribution in [3.05, 3.63) is 0 Å². The van der Waals surface area contributed by atoms with Gasteiger partial charge in [-0.05, 0) is 78.9 Å². The summed E-state index contributed by atoms with van der Waals surface area (Å²) in [5.74, 6) is 3.08. The van der Waals surface area contributed by atoms with Crippen LogP contribution in [0.2, 0.25) is 0 Å². The SMILES string of the molecule is CC[C@H]1CC[C@@H]2[C@@H]3C[C@@H](O)C4CCCC[C@]4(C)[C@H]3C[C@@H](O)[C@]12C. The van der Waals surface area contributed by atoms with E-state index in [2.05, 4.69) is 20.8 Å². The zero-order valence-corrected chi connectivity index (χ0v) is 15.3. The zero-order valence-electron chi connectivity index (χ0n) is 15.3. The molecule has 4 fully saturated rings. The molecule has 0 heterocycles. The predicted molar refractivity (Wildman–Crippen MR) is 92.9 cm³/mol.